The van der Waals surface area contributed by atoms with Gasteiger partial charge in [0, 0.05) is 16.3 Å². The number of aryl methyl sites for hydroxylation is 2. The van der Waals surface area contributed by atoms with Gasteiger partial charge in [-0.1, -0.05) is 22.9 Å². The Bertz CT molecular complexity index is 745. The maximum absolute atomic E-state index is 6.07. The van der Waals surface area contributed by atoms with Crippen LogP contribution in [0.2, 0.25) is 5.02 Å². The third kappa shape index (κ3) is 1.65. The zero-order chi connectivity index (χ0) is 12.9. The summed E-state index contributed by atoms with van der Waals surface area (Å²) in [5.41, 5.74) is 8.56. The Morgan fingerprint density at radius 2 is 2.06 bits per heavy atom. The molecule has 0 saturated carbocycles. The maximum Gasteiger partial charge on any atom is 0.234 e. The number of aromatic nitrogens is 4. The fourth-order valence-electron chi connectivity index (χ4n) is 1.75. The number of halogens is 1. The second-order valence-corrected chi connectivity index (χ2v) is 5.43. The van der Waals surface area contributed by atoms with Crippen molar-refractivity contribution < 1.29 is 0 Å². The average Bonchev–Trinajstić information content (AvgIpc) is 2.86. The van der Waals surface area contributed by atoms with E-state index < -0.39 is 0 Å². The lowest BCUT2D eigenvalue weighted by molar-refractivity contribution is 0.898. The summed E-state index contributed by atoms with van der Waals surface area (Å²) in [6, 6.07) is 3.66. The molecule has 0 aliphatic rings. The molecule has 2 heterocycles. The number of nitrogens with zero attached hydrogens (tertiary/aromatic N) is 4. The molecule has 5 nitrogen and oxygen atoms in total. The van der Waals surface area contributed by atoms with E-state index in [9.17, 15) is 0 Å². The van der Waals surface area contributed by atoms with E-state index in [2.05, 4.69) is 15.3 Å². The van der Waals surface area contributed by atoms with Gasteiger partial charge in [0.25, 0.3) is 0 Å². The van der Waals surface area contributed by atoms with Gasteiger partial charge >= 0.3 is 0 Å². The number of anilines is 1. The maximum atomic E-state index is 6.07. The van der Waals surface area contributed by atoms with Crippen molar-refractivity contribution in [1.29, 1.82) is 0 Å². The Kier molecular flexibility index (Phi) is 2.49. The lowest BCUT2D eigenvalue weighted by Gasteiger charge is -2.06. The van der Waals surface area contributed by atoms with Gasteiger partial charge < -0.3 is 5.73 Å². The quantitative estimate of drug-likeness (QED) is 0.695. The Hall–Kier alpha value is -1.66. The number of hydrogen-bond donors (Lipinski definition) is 1. The minimum Gasteiger partial charge on any atom is -0.398 e. The van der Waals surface area contributed by atoms with Crippen LogP contribution in [0.3, 0.4) is 0 Å². The van der Waals surface area contributed by atoms with Gasteiger partial charge in [0.1, 0.15) is 5.01 Å². The van der Waals surface area contributed by atoms with E-state index in [4.69, 9.17) is 17.3 Å². The van der Waals surface area contributed by atoms with Crippen LogP contribution in [0.1, 0.15) is 11.4 Å². The number of benzene rings is 1. The summed E-state index contributed by atoms with van der Waals surface area (Å²) in [4.78, 5) is 0.750. The van der Waals surface area contributed by atoms with Gasteiger partial charge in [-0.3, -0.25) is 0 Å². The first-order valence-corrected chi connectivity index (χ1v) is 6.50. The highest BCUT2D eigenvalue weighted by molar-refractivity contribution is 7.19. The van der Waals surface area contributed by atoms with Crippen molar-refractivity contribution in [3.05, 3.63) is 28.5 Å². The van der Waals surface area contributed by atoms with Crippen LogP contribution in [0.15, 0.2) is 12.1 Å². The van der Waals surface area contributed by atoms with Gasteiger partial charge in [-0.05, 0) is 31.5 Å². The predicted molar refractivity (Wildman–Crippen MR) is 73.0 cm³/mol. The SMILES string of the molecule is Cc1cc(Cl)cc(-c2nn3c(C)nnc3s2)c1N. The number of fused-ring (bicyclic) bond motifs is 1. The summed E-state index contributed by atoms with van der Waals surface area (Å²) in [5.74, 6) is 0.754. The van der Waals surface area contributed by atoms with Crippen LogP contribution in [0.4, 0.5) is 5.69 Å². The summed E-state index contributed by atoms with van der Waals surface area (Å²) >= 11 is 7.50. The predicted octanol–water partition coefficient (Wildman–Crippen LogP) is 2.71. The van der Waals surface area contributed by atoms with E-state index in [-0.39, 0.29) is 0 Å². The van der Waals surface area contributed by atoms with Crippen molar-refractivity contribution in [2.24, 2.45) is 0 Å². The van der Waals surface area contributed by atoms with Gasteiger partial charge in [0.15, 0.2) is 5.82 Å². The highest BCUT2D eigenvalue weighted by Gasteiger charge is 2.14. The van der Waals surface area contributed by atoms with Crippen molar-refractivity contribution in [1.82, 2.24) is 19.8 Å². The summed E-state index contributed by atoms with van der Waals surface area (Å²) in [6.45, 7) is 3.78. The molecule has 0 unspecified atom stereocenters. The van der Waals surface area contributed by atoms with Gasteiger partial charge in [0.2, 0.25) is 4.96 Å². The van der Waals surface area contributed by atoms with Gasteiger partial charge in [0.05, 0.1) is 0 Å². The topological polar surface area (TPSA) is 69.1 Å². The minimum absolute atomic E-state index is 0.652. The number of hydrogen-bond acceptors (Lipinski definition) is 5. The summed E-state index contributed by atoms with van der Waals surface area (Å²) in [7, 11) is 0. The molecule has 0 amide bonds. The molecule has 3 rings (SSSR count). The molecule has 0 bridgehead atoms. The normalized spacial score (nSPS) is 11.3. The molecule has 0 aliphatic carbocycles. The number of rotatable bonds is 1. The van der Waals surface area contributed by atoms with E-state index in [1.165, 1.54) is 11.3 Å². The molecule has 18 heavy (non-hydrogen) atoms. The molecule has 2 N–H and O–H groups in total. The molecule has 3 aromatic rings. The second-order valence-electron chi connectivity index (χ2n) is 4.03. The Morgan fingerprint density at radius 1 is 1.28 bits per heavy atom. The van der Waals surface area contributed by atoms with E-state index in [1.807, 2.05) is 26.0 Å². The molecule has 7 heteroatoms. The van der Waals surface area contributed by atoms with Crippen LogP contribution in [0.5, 0.6) is 0 Å². The molecular formula is C11H10ClN5S. The van der Waals surface area contributed by atoms with Gasteiger partial charge in [-0.25, -0.2) is 0 Å². The Balaban J connectivity index is 2.25. The largest absolute Gasteiger partial charge is 0.398 e. The third-order valence-corrected chi connectivity index (χ3v) is 3.88. The first-order valence-electron chi connectivity index (χ1n) is 5.31. The van der Waals surface area contributed by atoms with Crippen molar-refractivity contribution in [3.63, 3.8) is 0 Å². The highest BCUT2D eigenvalue weighted by Crippen LogP contribution is 2.34. The molecular weight excluding hydrogens is 270 g/mol. The second kappa shape index (κ2) is 3.93. The lowest BCUT2D eigenvalue weighted by Crippen LogP contribution is -1.95. The molecule has 2 aromatic heterocycles. The molecule has 0 aliphatic heterocycles. The van der Waals surface area contributed by atoms with E-state index in [0.29, 0.717) is 10.7 Å². The average molecular weight is 280 g/mol. The molecule has 1 aromatic carbocycles. The summed E-state index contributed by atoms with van der Waals surface area (Å²) in [5, 5.41) is 13.9. The van der Waals surface area contributed by atoms with Crippen LogP contribution < -0.4 is 5.73 Å². The molecule has 0 atom stereocenters. The monoisotopic (exact) mass is 279 g/mol. The number of nitrogens with two attached hydrogens (primary N) is 1. The Labute approximate surface area is 112 Å². The van der Waals surface area contributed by atoms with Crippen LogP contribution >= 0.6 is 22.9 Å². The number of nitrogen functional groups attached to an aromatic ring is 1. The fourth-order valence-corrected chi connectivity index (χ4v) is 2.94. The van der Waals surface area contributed by atoms with Crippen molar-refractivity contribution in [3.8, 4) is 10.6 Å². The fraction of sp³-hybridized carbons (Fsp3) is 0.182. The standard InChI is InChI=1S/C11H10ClN5S/c1-5-3-7(12)4-8(9(5)13)10-16-17-6(2)14-15-11(17)18-10/h3-4H,13H2,1-2H3. The highest BCUT2D eigenvalue weighted by atomic mass is 35.5. The van der Waals surface area contributed by atoms with Gasteiger partial charge in [-0.2, -0.15) is 9.61 Å². The van der Waals surface area contributed by atoms with Crippen LogP contribution in [-0.4, -0.2) is 19.8 Å². The molecule has 0 radical (unpaired) electrons. The third-order valence-electron chi connectivity index (χ3n) is 2.73. The molecule has 92 valence electrons. The zero-order valence-electron chi connectivity index (χ0n) is 9.81. The van der Waals surface area contributed by atoms with Gasteiger partial charge in [-0.15, -0.1) is 10.2 Å². The van der Waals surface area contributed by atoms with Crippen LogP contribution in [0, 0.1) is 13.8 Å². The minimum atomic E-state index is 0.652. The first-order chi connectivity index (χ1) is 8.56. The van der Waals surface area contributed by atoms with E-state index in [1.54, 1.807) is 4.52 Å². The molecule has 0 saturated heterocycles. The summed E-state index contributed by atoms with van der Waals surface area (Å²) < 4.78 is 1.70. The van der Waals surface area contributed by atoms with Crippen molar-refractivity contribution in [2.75, 3.05) is 5.73 Å². The van der Waals surface area contributed by atoms with Crippen LogP contribution in [-0.2, 0) is 0 Å². The summed E-state index contributed by atoms with van der Waals surface area (Å²) in [6.07, 6.45) is 0. The van der Waals surface area contributed by atoms with Crippen LogP contribution in [0.25, 0.3) is 15.5 Å². The van der Waals surface area contributed by atoms with Crippen molar-refractivity contribution >= 4 is 33.6 Å². The van der Waals surface area contributed by atoms with E-state index in [0.717, 1.165) is 26.9 Å². The Morgan fingerprint density at radius 3 is 2.78 bits per heavy atom. The molecule has 0 fully saturated rings. The zero-order valence-corrected chi connectivity index (χ0v) is 11.4. The first kappa shape index (κ1) is 11.4. The molecule has 0 spiro atoms. The van der Waals surface area contributed by atoms with E-state index >= 15 is 0 Å². The van der Waals surface area contributed by atoms with Crippen molar-refractivity contribution in [2.45, 2.75) is 13.8 Å². The smallest absolute Gasteiger partial charge is 0.234 e. The lowest BCUT2D eigenvalue weighted by atomic mass is 10.1.